The minimum absolute atomic E-state index is 0.0368. The minimum atomic E-state index is -1.90. The first-order chi connectivity index (χ1) is 35.5. The maximum atomic E-state index is 13.5. The van der Waals surface area contributed by atoms with Crippen LogP contribution in [-0.2, 0) is 52.2 Å². The number of fused-ring (bicyclic) bond motifs is 5. The van der Waals surface area contributed by atoms with Crippen LogP contribution in [0, 0.1) is 40.4 Å². The van der Waals surface area contributed by atoms with Gasteiger partial charge in [0.25, 0.3) is 0 Å². The van der Waals surface area contributed by atoms with Gasteiger partial charge in [0.05, 0.1) is 44.6 Å². The molecule has 4 aliphatic heterocycles. The summed E-state index contributed by atoms with van der Waals surface area (Å²) in [5.74, 6) is -0.754. The van der Waals surface area contributed by atoms with Crippen molar-refractivity contribution in [3.05, 3.63) is 11.6 Å². The second-order valence-electron chi connectivity index (χ2n) is 23.1. The van der Waals surface area contributed by atoms with E-state index in [1.807, 2.05) is 6.92 Å². The molecule has 0 amide bonds. The summed E-state index contributed by atoms with van der Waals surface area (Å²) in [6.45, 7) is 7.16. The number of allylic oxidation sites excluding steroid dienone is 1. The Morgan fingerprint density at radius 1 is 0.667 bits per heavy atom. The van der Waals surface area contributed by atoms with E-state index in [4.69, 9.17) is 42.6 Å². The molecule has 3 saturated carbocycles. The van der Waals surface area contributed by atoms with Gasteiger partial charge in [-0.2, -0.15) is 0 Å². The summed E-state index contributed by atoms with van der Waals surface area (Å²) in [7, 11) is 0. The van der Waals surface area contributed by atoms with Crippen molar-refractivity contribution in [3.63, 3.8) is 0 Å². The minimum Gasteiger partial charge on any atom is -0.462 e. The van der Waals surface area contributed by atoms with E-state index in [0.717, 1.165) is 18.4 Å². The third-order valence-corrected chi connectivity index (χ3v) is 18.4. The lowest BCUT2D eigenvalue weighted by molar-refractivity contribution is -0.394. The molecule has 4 aliphatic carbocycles. The molecular weight excluding hydrogens is 997 g/mol. The fourth-order valence-electron chi connectivity index (χ4n) is 14.0. The van der Waals surface area contributed by atoms with E-state index < -0.39 is 172 Å². The second kappa shape index (κ2) is 24.0. The van der Waals surface area contributed by atoms with E-state index in [2.05, 4.69) is 19.9 Å². The molecule has 0 aromatic rings. The van der Waals surface area contributed by atoms with Crippen LogP contribution in [-0.4, -0.2) is 240 Å². The molecule has 430 valence electrons. The highest BCUT2D eigenvalue weighted by molar-refractivity contribution is 5.81. The van der Waals surface area contributed by atoms with Crippen LogP contribution in [0.1, 0.15) is 92.4 Å². The molecule has 8 aliphatic rings. The molecule has 0 bridgehead atoms. The number of rotatable bonds is 17. The molecule has 75 heavy (non-hydrogen) atoms. The summed E-state index contributed by atoms with van der Waals surface area (Å²) in [5.41, 5.74) is 0.437. The number of esters is 1. The first-order valence-corrected chi connectivity index (χ1v) is 26.7. The molecule has 29 atom stereocenters. The third kappa shape index (κ3) is 11.5. The Balaban J connectivity index is 0.942. The van der Waals surface area contributed by atoms with E-state index in [9.17, 15) is 76.0 Å². The van der Waals surface area contributed by atoms with Crippen molar-refractivity contribution < 1.29 is 119 Å². The van der Waals surface area contributed by atoms with Gasteiger partial charge in [-0.1, -0.05) is 32.4 Å². The van der Waals surface area contributed by atoms with E-state index >= 15 is 0 Å². The zero-order valence-electron chi connectivity index (χ0n) is 43.2. The lowest BCUT2D eigenvalue weighted by Gasteiger charge is -2.58. The topological polar surface area (TPSA) is 380 Å². The van der Waals surface area contributed by atoms with Gasteiger partial charge in [-0.25, -0.2) is 0 Å². The van der Waals surface area contributed by atoms with Crippen LogP contribution >= 0.6 is 0 Å². The molecule has 0 spiro atoms. The maximum Gasteiger partial charge on any atom is 0.306 e. The van der Waals surface area contributed by atoms with E-state index in [0.29, 0.717) is 38.5 Å². The Kier molecular flexibility index (Phi) is 18.9. The Bertz CT molecular complexity index is 1960. The number of ketones is 1. The highest BCUT2D eigenvalue weighted by Gasteiger charge is 2.64. The quantitative estimate of drug-likeness (QED) is 0.0503. The summed E-state index contributed by atoms with van der Waals surface area (Å²) in [5, 5.41) is 136. The van der Waals surface area contributed by atoms with Gasteiger partial charge >= 0.3 is 5.97 Å². The van der Waals surface area contributed by atoms with Crippen LogP contribution in [0.15, 0.2) is 11.6 Å². The fraction of sp³-hybridized carbons (Fsp3) is 0.922. The number of ether oxygens (including phenoxy) is 9. The van der Waals surface area contributed by atoms with Crippen LogP contribution in [0.5, 0.6) is 0 Å². The predicted molar refractivity (Wildman–Crippen MR) is 252 cm³/mol. The van der Waals surface area contributed by atoms with Gasteiger partial charge in [0.15, 0.2) is 25.2 Å². The van der Waals surface area contributed by atoms with Gasteiger partial charge in [0, 0.05) is 6.42 Å². The van der Waals surface area contributed by atoms with Crippen molar-refractivity contribution in [3.8, 4) is 0 Å². The lowest BCUT2D eigenvalue weighted by Crippen LogP contribution is -2.67. The Morgan fingerprint density at radius 2 is 1.23 bits per heavy atom. The number of Topliss-reactive ketones (excluding diaryl/α,β-unsaturated/α-hetero) is 1. The number of carbonyl (C=O) groups is 2. The molecule has 24 heteroatoms. The number of hydrogen-bond donors (Lipinski definition) is 13. The predicted octanol–water partition coefficient (Wildman–Crippen LogP) is -3.23. The van der Waals surface area contributed by atoms with E-state index in [1.165, 1.54) is 6.92 Å². The number of hydrogen-bond acceptors (Lipinski definition) is 24. The number of carbonyl (C=O) groups excluding carboxylic acids is 2. The molecule has 0 radical (unpaired) electrons. The van der Waals surface area contributed by atoms with Crippen molar-refractivity contribution >= 4 is 11.8 Å². The summed E-state index contributed by atoms with van der Waals surface area (Å²) < 4.78 is 53.9. The lowest BCUT2D eigenvalue weighted by atomic mass is 9.47. The van der Waals surface area contributed by atoms with Crippen LogP contribution in [0.25, 0.3) is 0 Å². The molecular formula is C51H82O24. The fourth-order valence-corrected chi connectivity index (χ4v) is 14.0. The molecule has 4 saturated heterocycles. The molecule has 13 N–H and O–H groups in total. The van der Waals surface area contributed by atoms with Crippen LogP contribution in [0.2, 0.25) is 0 Å². The van der Waals surface area contributed by atoms with Gasteiger partial charge < -0.3 is 109 Å². The molecule has 4 heterocycles. The normalized spacial score (nSPS) is 50.5. The van der Waals surface area contributed by atoms with Crippen LogP contribution in [0.3, 0.4) is 0 Å². The van der Waals surface area contributed by atoms with Gasteiger partial charge in [-0.3, -0.25) is 9.59 Å². The number of aliphatic hydroxyl groups excluding tert-OH is 13. The van der Waals surface area contributed by atoms with Crippen molar-refractivity contribution in [1.82, 2.24) is 0 Å². The smallest absolute Gasteiger partial charge is 0.306 e. The Hall–Kier alpha value is -1.96. The molecule has 0 unspecified atom stereocenters. The van der Waals surface area contributed by atoms with Gasteiger partial charge in [0.2, 0.25) is 0 Å². The van der Waals surface area contributed by atoms with Crippen LogP contribution < -0.4 is 0 Å². The standard InChI is InChI=1S/C51H82O24/c1-20(19-67-46-41(64)39(62)35(58)29(16-52)71-46)6-9-32(56)70-28-15-27-25-8-7-23-14-24(10-12-50(23,4)26(25)11-13-51(27,5)33(28)21(2)55)69-49-45(75-47-42(65)38(61)34(57)22(3)68-47)44(37(60)31(18-54)73-49)74-48-43(66)40(63)36(59)30(17-53)72-48/h7,20,22,24-31,33-49,52-54,57-66H,6,8-19H2,1-5H3/t20-,22+,24+,25-,26+,27+,28+,29-,30-,31-,33+,34+,35-,36-,37-,38-,39+,40+,41-,42-,43-,44+,45-,46-,47+,48+,49-,50+,51+/m1/s1. The van der Waals surface area contributed by atoms with Gasteiger partial charge in [-0.05, 0) is 99.7 Å². The van der Waals surface area contributed by atoms with Gasteiger partial charge in [0.1, 0.15) is 103 Å². The van der Waals surface area contributed by atoms with E-state index in [1.54, 1.807) is 6.92 Å². The summed E-state index contributed by atoms with van der Waals surface area (Å²) in [6, 6.07) is 0. The third-order valence-electron chi connectivity index (χ3n) is 18.4. The molecule has 0 aromatic carbocycles. The summed E-state index contributed by atoms with van der Waals surface area (Å²) in [4.78, 5) is 27.1. The Labute approximate surface area is 435 Å². The largest absolute Gasteiger partial charge is 0.462 e. The van der Waals surface area contributed by atoms with Gasteiger partial charge in [-0.15, -0.1) is 0 Å². The van der Waals surface area contributed by atoms with Crippen molar-refractivity contribution in [2.24, 2.45) is 40.4 Å². The summed E-state index contributed by atoms with van der Waals surface area (Å²) in [6.07, 6.45) is -25.4. The molecule has 7 fully saturated rings. The molecule has 0 aromatic heterocycles. The molecule has 8 rings (SSSR count). The average Bonchev–Trinajstić information content (AvgIpc) is 3.73. The maximum absolute atomic E-state index is 13.5. The van der Waals surface area contributed by atoms with Crippen molar-refractivity contribution in [2.75, 3.05) is 26.4 Å². The first-order valence-electron chi connectivity index (χ1n) is 26.7. The van der Waals surface area contributed by atoms with Crippen LogP contribution in [0.4, 0.5) is 0 Å². The molecule has 24 nitrogen and oxygen atoms in total. The highest BCUT2D eigenvalue weighted by Crippen LogP contribution is 2.67. The first kappa shape index (κ1) is 59.2. The average molecular weight is 1080 g/mol. The zero-order chi connectivity index (χ0) is 54.6. The highest BCUT2D eigenvalue weighted by atomic mass is 16.8. The SMILES string of the molecule is CC(=O)[C@H]1[C@@H](OC(=O)CC[C@@H](C)CO[C@@H]2O[C@H](CO)[C@@H](O)[C@H](O)[C@H]2O)C[C@H]2[C@@H]3CC=C4C[C@@H](O[C@@H]5O[C@H](CO)[C@@H](O)[C@H](O[C@@H]6O[C@H](CO)[C@@H](O)[C@H](O)[C@H]6O)[C@H]5O[C@@H]5O[C@@H](C)[C@H](O)[C@@H](O)[C@H]5O)CC[C@]4(C)[C@H]3CC[C@@]21C. The monoisotopic (exact) mass is 1080 g/mol. The van der Waals surface area contributed by atoms with Crippen molar-refractivity contribution in [2.45, 2.75) is 227 Å². The zero-order valence-corrected chi connectivity index (χ0v) is 43.2. The second-order valence-corrected chi connectivity index (χ2v) is 23.1. The number of aliphatic hydroxyl groups is 13. The van der Waals surface area contributed by atoms with E-state index in [-0.39, 0.29) is 47.9 Å². The Morgan fingerprint density at radius 3 is 1.85 bits per heavy atom. The summed E-state index contributed by atoms with van der Waals surface area (Å²) >= 11 is 0. The van der Waals surface area contributed by atoms with Crippen molar-refractivity contribution in [1.29, 1.82) is 0 Å².